The van der Waals surface area contributed by atoms with Crippen molar-refractivity contribution in [1.29, 1.82) is 0 Å². The molecule has 0 aliphatic rings. The molecular weight excluding hydrogens is 378 g/mol. The predicted octanol–water partition coefficient (Wildman–Crippen LogP) is 6.07. The molecule has 2 aromatic rings. The molecule has 2 amide bonds. The molecule has 0 heterocycles. The number of rotatable bonds is 8. The summed E-state index contributed by atoms with van der Waals surface area (Å²) in [6.45, 7) is 11.6. The number of benzene rings is 2. The van der Waals surface area contributed by atoms with E-state index in [0.29, 0.717) is 25.2 Å². The molecule has 5 nitrogen and oxygen atoms in total. The van der Waals surface area contributed by atoms with Crippen molar-refractivity contribution in [2.75, 3.05) is 0 Å². The van der Waals surface area contributed by atoms with Crippen LogP contribution in [0.15, 0.2) is 54.3 Å². The summed E-state index contributed by atoms with van der Waals surface area (Å²) in [6.07, 6.45) is 2.26. The Morgan fingerprint density at radius 2 is 1.77 bits per heavy atom. The summed E-state index contributed by atoms with van der Waals surface area (Å²) in [5, 5.41) is 2.26. The lowest BCUT2D eigenvalue weighted by molar-refractivity contribution is -0.120. The number of hydrogen-bond donors (Lipinski definition) is 0. The van der Waals surface area contributed by atoms with Gasteiger partial charge in [-0.15, -0.1) is 0 Å². The number of nitrogens with zero attached hydrogens (tertiary/aromatic N) is 1. The van der Waals surface area contributed by atoms with Crippen LogP contribution in [0.4, 0.5) is 4.79 Å². The fraction of sp³-hybridized carbons (Fsp3) is 0.440. The van der Waals surface area contributed by atoms with Crippen molar-refractivity contribution in [3.63, 3.8) is 0 Å². The maximum atomic E-state index is 12.7. The average molecular weight is 412 g/mol. The zero-order chi connectivity index (χ0) is 22.3. The minimum atomic E-state index is -0.694. The van der Waals surface area contributed by atoms with Crippen molar-refractivity contribution in [1.82, 2.24) is 4.90 Å². The molecule has 2 rings (SSSR count). The molecule has 0 aliphatic carbocycles. The fourth-order valence-corrected chi connectivity index (χ4v) is 3.32. The second kappa shape index (κ2) is 10.3. The van der Waals surface area contributed by atoms with Gasteiger partial charge in [-0.1, -0.05) is 56.3 Å². The summed E-state index contributed by atoms with van der Waals surface area (Å²) in [5.74, 6) is 0.825. The third-order valence-corrected chi connectivity index (χ3v) is 4.64. The van der Waals surface area contributed by atoms with Gasteiger partial charge in [-0.2, -0.15) is 0 Å². The Bertz CT molecular complexity index is 890. The van der Waals surface area contributed by atoms with E-state index in [9.17, 15) is 9.59 Å². The van der Waals surface area contributed by atoms with Gasteiger partial charge in [0.2, 0.25) is 6.41 Å². The van der Waals surface area contributed by atoms with Crippen molar-refractivity contribution in [3.8, 4) is 0 Å². The molecule has 0 radical (unpaired) electrons. The third-order valence-electron chi connectivity index (χ3n) is 4.64. The van der Waals surface area contributed by atoms with E-state index in [1.807, 2.05) is 51.1 Å². The van der Waals surface area contributed by atoms with Gasteiger partial charge < -0.3 is 9.47 Å². The summed E-state index contributed by atoms with van der Waals surface area (Å²) in [4.78, 5) is 25.6. The van der Waals surface area contributed by atoms with Crippen LogP contribution in [0.2, 0.25) is 0 Å². The molecule has 0 aliphatic heterocycles. The van der Waals surface area contributed by atoms with Crippen LogP contribution >= 0.6 is 0 Å². The fourth-order valence-electron chi connectivity index (χ4n) is 3.32. The van der Waals surface area contributed by atoms with Crippen LogP contribution in [0.25, 0.3) is 10.8 Å². The van der Waals surface area contributed by atoms with E-state index < -0.39 is 17.7 Å². The van der Waals surface area contributed by atoms with Crippen LogP contribution in [0.3, 0.4) is 0 Å². The van der Waals surface area contributed by atoms with E-state index in [-0.39, 0.29) is 5.92 Å². The molecular formula is C25H33NO4. The molecule has 1 atom stereocenters. The van der Waals surface area contributed by atoms with Crippen LogP contribution in [0.5, 0.6) is 0 Å². The normalized spacial score (nSPS) is 13.2. The van der Waals surface area contributed by atoms with Crippen molar-refractivity contribution in [2.24, 2.45) is 5.92 Å². The first-order chi connectivity index (χ1) is 14.2. The zero-order valence-corrected chi connectivity index (χ0v) is 18.8. The van der Waals surface area contributed by atoms with E-state index in [4.69, 9.17) is 9.47 Å². The number of hydrogen-bond acceptors (Lipinski definition) is 4. The molecule has 30 heavy (non-hydrogen) atoms. The maximum absolute atomic E-state index is 12.7. The van der Waals surface area contributed by atoms with Gasteiger partial charge in [-0.3, -0.25) is 4.79 Å². The molecule has 2 aromatic carbocycles. The highest BCUT2D eigenvalue weighted by Crippen LogP contribution is 2.25. The smallest absolute Gasteiger partial charge is 0.417 e. The van der Waals surface area contributed by atoms with Crippen molar-refractivity contribution in [2.45, 2.75) is 66.2 Å². The van der Waals surface area contributed by atoms with Gasteiger partial charge in [-0.05, 0) is 62.4 Å². The number of fused-ring (bicyclic) bond motifs is 1. The topological polar surface area (TPSA) is 55.8 Å². The lowest BCUT2D eigenvalue weighted by atomic mass is 10.0. The molecule has 0 saturated heterocycles. The maximum Gasteiger partial charge on any atom is 0.417 e. The van der Waals surface area contributed by atoms with E-state index in [2.05, 4.69) is 18.2 Å². The van der Waals surface area contributed by atoms with Gasteiger partial charge in [-0.25, -0.2) is 9.69 Å². The monoisotopic (exact) mass is 411 g/mol. The Hall–Kier alpha value is -2.82. The molecule has 0 spiro atoms. The van der Waals surface area contributed by atoms with E-state index in [1.165, 1.54) is 0 Å². The Balaban J connectivity index is 2.27. The van der Waals surface area contributed by atoms with Gasteiger partial charge in [0.1, 0.15) is 18.0 Å². The van der Waals surface area contributed by atoms with Crippen LogP contribution in [0, 0.1) is 5.92 Å². The summed E-state index contributed by atoms with van der Waals surface area (Å²) in [6, 6.07) is 13.7. The van der Waals surface area contributed by atoms with Gasteiger partial charge in [0.05, 0.1) is 6.04 Å². The van der Waals surface area contributed by atoms with E-state index >= 15 is 0 Å². The van der Waals surface area contributed by atoms with Crippen molar-refractivity contribution >= 4 is 23.3 Å². The Morgan fingerprint density at radius 3 is 2.37 bits per heavy atom. The lowest BCUT2D eigenvalue weighted by Gasteiger charge is -2.31. The number of ether oxygens (including phenoxy) is 2. The van der Waals surface area contributed by atoms with Gasteiger partial charge in [0.15, 0.2) is 0 Å². The Labute approximate surface area is 179 Å². The number of amides is 2. The standard InChI is InChI=1S/C25H33NO4/c1-7-23(29-16-20-13-10-12-19-11-8-9-14-21(19)20)22(15-18(2)3)26(17-27)24(28)30-25(4,5)6/h7-14,17-18,22H,15-16H2,1-6H3/b23-7+. The molecule has 0 saturated carbocycles. The van der Waals surface area contributed by atoms with Crippen molar-refractivity contribution in [3.05, 3.63) is 59.9 Å². The first-order valence-corrected chi connectivity index (χ1v) is 10.4. The number of imide groups is 1. The minimum absolute atomic E-state index is 0.246. The van der Waals surface area contributed by atoms with Crippen LogP contribution in [-0.2, 0) is 20.9 Å². The summed E-state index contributed by atoms with van der Waals surface area (Å²) >= 11 is 0. The van der Waals surface area contributed by atoms with Crippen LogP contribution in [0.1, 0.15) is 53.5 Å². The van der Waals surface area contributed by atoms with E-state index in [0.717, 1.165) is 21.2 Å². The number of allylic oxidation sites excluding steroid dienone is 1. The first kappa shape index (κ1) is 23.5. The van der Waals surface area contributed by atoms with Gasteiger partial charge >= 0.3 is 6.09 Å². The van der Waals surface area contributed by atoms with Crippen LogP contribution in [-0.4, -0.2) is 29.0 Å². The quantitative estimate of drug-likeness (QED) is 0.391. The highest BCUT2D eigenvalue weighted by Gasteiger charge is 2.32. The number of carbonyl (C=O) groups is 2. The Morgan fingerprint density at radius 1 is 1.10 bits per heavy atom. The second-order valence-electron chi connectivity index (χ2n) is 8.76. The highest BCUT2D eigenvalue weighted by atomic mass is 16.6. The third kappa shape index (κ3) is 6.34. The number of carbonyl (C=O) groups excluding carboxylic acids is 2. The molecule has 0 fully saturated rings. The zero-order valence-electron chi connectivity index (χ0n) is 18.8. The molecule has 0 bridgehead atoms. The summed E-state index contributed by atoms with van der Waals surface area (Å²) in [5.41, 5.74) is 0.353. The lowest BCUT2D eigenvalue weighted by Crippen LogP contribution is -2.44. The SMILES string of the molecule is C/C=C(/OCc1cccc2ccccc12)C(CC(C)C)N(C=O)C(=O)OC(C)(C)C. The van der Waals surface area contributed by atoms with Gasteiger partial charge in [0.25, 0.3) is 0 Å². The molecule has 162 valence electrons. The largest absolute Gasteiger partial charge is 0.491 e. The molecule has 1 unspecified atom stereocenters. The average Bonchev–Trinajstić information content (AvgIpc) is 2.67. The second-order valence-corrected chi connectivity index (χ2v) is 8.76. The highest BCUT2D eigenvalue weighted by molar-refractivity contribution is 5.85. The van der Waals surface area contributed by atoms with Crippen molar-refractivity contribution < 1.29 is 19.1 Å². The first-order valence-electron chi connectivity index (χ1n) is 10.4. The van der Waals surface area contributed by atoms with Crippen LogP contribution < -0.4 is 0 Å². The molecule has 0 N–H and O–H groups in total. The Kier molecular flexibility index (Phi) is 8.04. The molecule has 5 heteroatoms. The summed E-state index contributed by atoms with van der Waals surface area (Å²) in [7, 11) is 0. The predicted molar refractivity (Wildman–Crippen MR) is 120 cm³/mol. The summed E-state index contributed by atoms with van der Waals surface area (Å²) < 4.78 is 11.6. The van der Waals surface area contributed by atoms with Gasteiger partial charge in [0, 0.05) is 0 Å². The minimum Gasteiger partial charge on any atom is -0.491 e. The molecule has 0 aromatic heterocycles. The van der Waals surface area contributed by atoms with E-state index in [1.54, 1.807) is 20.8 Å².